The first kappa shape index (κ1) is 18.0. The first-order chi connectivity index (χ1) is 12.5. The molecular formula is C19H24N4O3. The molecule has 0 unspecified atom stereocenters. The highest BCUT2D eigenvalue weighted by atomic mass is 16.5. The minimum absolute atomic E-state index is 0.0157. The second-order valence-electron chi connectivity index (χ2n) is 6.28. The third-order valence-corrected chi connectivity index (χ3v) is 4.19. The molecule has 1 aromatic heterocycles. The lowest BCUT2D eigenvalue weighted by atomic mass is 10.1. The van der Waals surface area contributed by atoms with Gasteiger partial charge in [0.2, 0.25) is 11.8 Å². The van der Waals surface area contributed by atoms with Crippen molar-refractivity contribution in [3.8, 4) is 11.6 Å². The number of ether oxygens (including phenoxy) is 2. The molecule has 1 atom stereocenters. The molecule has 3 rings (SSSR count). The van der Waals surface area contributed by atoms with Gasteiger partial charge in [0, 0.05) is 13.0 Å². The number of aromatic nitrogens is 2. The van der Waals surface area contributed by atoms with E-state index in [9.17, 15) is 4.79 Å². The van der Waals surface area contributed by atoms with Crippen LogP contribution in [-0.2, 0) is 4.79 Å². The van der Waals surface area contributed by atoms with Gasteiger partial charge in [-0.25, -0.2) is 9.97 Å². The molecule has 1 aliphatic heterocycles. The third-order valence-electron chi connectivity index (χ3n) is 4.19. The zero-order valence-corrected chi connectivity index (χ0v) is 15.3. The molecule has 1 saturated heterocycles. The van der Waals surface area contributed by atoms with E-state index in [0.717, 1.165) is 30.2 Å². The van der Waals surface area contributed by atoms with E-state index in [1.165, 1.54) is 13.3 Å². The molecule has 26 heavy (non-hydrogen) atoms. The maximum Gasteiger partial charge on any atom is 0.218 e. The third kappa shape index (κ3) is 4.41. The van der Waals surface area contributed by atoms with Crippen LogP contribution in [0.4, 0.5) is 5.82 Å². The molecule has 2 heterocycles. The molecule has 0 saturated carbocycles. The van der Waals surface area contributed by atoms with Gasteiger partial charge in [-0.1, -0.05) is 12.1 Å². The van der Waals surface area contributed by atoms with Crippen LogP contribution in [0.3, 0.4) is 0 Å². The first-order valence-corrected chi connectivity index (χ1v) is 8.78. The summed E-state index contributed by atoms with van der Waals surface area (Å²) in [7, 11) is 0. The van der Waals surface area contributed by atoms with E-state index in [-0.39, 0.29) is 18.1 Å². The number of anilines is 1. The fourth-order valence-electron chi connectivity index (χ4n) is 2.85. The van der Waals surface area contributed by atoms with Crippen LogP contribution in [0.15, 0.2) is 36.7 Å². The number of carbonyl (C=O) groups excluding carboxylic acids is 1. The molecule has 1 amide bonds. The van der Waals surface area contributed by atoms with Crippen LogP contribution in [0.5, 0.6) is 11.6 Å². The average molecular weight is 356 g/mol. The Morgan fingerprint density at radius 1 is 1.31 bits per heavy atom. The van der Waals surface area contributed by atoms with Crippen molar-refractivity contribution < 1.29 is 14.3 Å². The lowest BCUT2D eigenvalue weighted by Gasteiger charge is -2.39. The number of carbonyl (C=O) groups is 1. The number of hydrogen-bond acceptors (Lipinski definition) is 6. The normalized spacial score (nSPS) is 15.1. The van der Waals surface area contributed by atoms with Crippen molar-refractivity contribution in [1.29, 1.82) is 0 Å². The van der Waals surface area contributed by atoms with Crippen molar-refractivity contribution >= 4 is 11.7 Å². The van der Waals surface area contributed by atoms with Crippen molar-refractivity contribution in [3.05, 3.63) is 42.2 Å². The van der Waals surface area contributed by atoms with E-state index >= 15 is 0 Å². The summed E-state index contributed by atoms with van der Waals surface area (Å²) in [6.45, 7) is 7.53. The second kappa shape index (κ2) is 8.03. The van der Waals surface area contributed by atoms with Crippen molar-refractivity contribution in [2.24, 2.45) is 0 Å². The van der Waals surface area contributed by atoms with Gasteiger partial charge in [0.05, 0.1) is 25.7 Å². The van der Waals surface area contributed by atoms with Crippen molar-refractivity contribution in [1.82, 2.24) is 15.3 Å². The molecule has 0 aliphatic carbocycles. The summed E-state index contributed by atoms with van der Waals surface area (Å²) in [6.07, 6.45) is 1.64. The second-order valence-corrected chi connectivity index (χ2v) is 6.28. The Morgan fingerprint density at radius 3 is 2.69 bits per heavy atom. The van der Waals surface area contributed by atoms with Crippen molar-refractivity contribution in [2.45, 2.75) is 32.9 Å². The van der Waals surface area contributed by atoms with Crippen molar-refractivity contribution in [3.63, 3.8) is 0 Å². The highest BCUT2D eigenvalue weighted by molar-refractivity contribution is 5.73. The van der Waals surface area contributed by atoms with E-state index in [2.05, 4.69) is 20.2 Å². The monoisotopic (exact) mass is 356 g/mol. The van der Waals surface area contributed by atoms with Crippen LogP contribution in [0.2, 0.25) is 0 Å². The number of nitrogens with zero attached hydrogens (tertiary/aromatic N) is 3. The molecule has 1 N–H and O–H groups in total. The molecule has 0 bridgehead atoms. The molecule has 0 spiro atoms. The predicted octanol–water partition coefficient (Wildman–Crippen LogP) is 2.34. The van der Waals surface area contributed by atoms with Gasteiger partial charge >= 0.3 is 0 Å². The van der Waals surface area contributed by atoms with Crippen LogP contribution in [0, 0.1) is 0 Å². The molecule has 7 heteroatoms. The topological polar surface area (TPSA) is 76.6 Å². The zero-order chi connectivity index (χ0) is 18.5. The Hall–Kier alpha value is -2.83. The van der Waals surface area contributed by atoms with Crippen LogP contribution >= 0.6 is 0 Å². The van der Waals surface area contributed by atoms with Gasteiger partial charge in [0.1, 0.15) is 24.0 Å². The van der Waals surface area contributed by atoms with E-state index in [0.29, 0.717) is 12.5 Å². The lowest BCUT2D eigenvalue weighted by Crippen LogP contribution is -2.54. The molecule has 7 nitrogen and oxygen atoms in total. The highest BCUT2D eigenvalue weighted by Crippen LogP contribution is 2.25. The molecule has 1 fully saturated rings. The minimum atomic E-state index is -0.0374. The number of nitrogens with one attached hydrogen (secondary N) is 1. The van der Waals surface area contributed by atoms with Gasteiger partial charge in [0.15, 0.2) is 0 Å². The quantitative estimate of drug-likeness (QED) is 0.821. The maximum absolute atomic E-state index is 11.1. The Labute approximate surface area is 153 Å². The summed E-state index contributed by atoms with van der Waals surface area (Å²) in [6, 6.07) is 9.66. The fraction of sp³-hybridized carbons (Fsp3) is 0.421. The lowest BCUT2D eigenvalue weighted by molar-refractivity contribution is -0.119. The number of hydrogen-bond donors (Lipinski definition) is 1. The van der Waals surface area contributed by atoms with Crippen LogP contribution < -0.4 is 19.7 Å². The van der Waals surface area contributed by atoms with Crippen LogP contribution in [0.25, 0.3) is 0 Å². The smallest absolute Gasteiger partial charge is 0.218 e. The van der Waals surface area contributed by atoms with E-state index < -0.39 is 0 Å². The summed E-state index contributed by atoms with van der Waals surface area (Å²) in [5.41, 5.74) is 1.05. The average Bonchev–Trinajstić information content (AvgIpc) is 2.58. The fourth-order valence-corrected chi connectivity index (χ4v) is 2.85. The zero-order valence-electron chi connectivity index (χ0n) is 15.3. The summed E-state index contributed by atoms with van der Waals surface area (Å²) in [5, 5.41) is 2.87. The number of benzene rings is 1. The molecule has 138 valence electrons. The SMILES string of the molecule is CCOc1cc(N2CC(Oc3ccc([C@H](C)NC(C)=O)cc3)C2)ncn1. The predicted molar refractivity (Wildman–Crippen MR) is 98.5 cm³/mol. The highest BCUT2D eigenvalue weighted by Gasteiger charge is 2.30. The standard InChI is InChI=1S/C19H24N4O3/c1-4-25-19-9-18(20-12-21-19)23-10-17(11-23)26-16-7-5-15(6-8-16)13(2)22-14(3)24/h5-9,12-13,17H,4,10-11H2,1-3H3,(H,22,24)/t13-/m0/s1. The Morgan fingerprint density at radius 2 is 2.04 bits per heavy atom. The van der Waals surface area contributed by atoms with Crippen molar-refractivity contribution in [2.75, 3.05) is 24.6 Å². The van der Waals surface area contributed by atoms with Gasteiger partial charge in [-0.2, -0.15) is 0 Å². The molecule has 2 aromatic rings. The summed E-state index contributed by atoms with van der Waals surface area (Å²) in [4.78, 5) is 21.6. The minimum Gasteiger partial charge on any atom is -0.487 e. The van der Waals surface area contributed by atoms with E-state index in [1.807, 2.05) is 44.2 Å². The number of rotatable bonds is 7. The van der Waals surface area contributed by atoms with Gasteiger partial charge in [-0.3, -0.25) is 4.79 Å². The molecule has 1 aromatic carbocycles. The first-order valence-electron chi connectivity index (χ1n) is 8.78. The largest absolute Gasteiger partial charge is 0.487 e. The van der Waals surface area contributed by atoms with Crippen LogP contribution in [0.1, 0.15) is 32.4 Å². The van der Waals surface area contributed by atoms with Gasteiger partial charge in [0.25, 0.3) is 0 Å². The Bertz CT molecular complexity index is 745. The molecule has 1 aliphatic rings. The van der Waals surface area contributed by atoms with Crippen LogP contribution in [-0.4, -0.2) is 41.7 Å². The number of amides is 1. The van der Waals surface area contributed by atoms with E-state index in [1.54, 1.807) is 0 Å². The summed E-state index contributed by atoms with van der Waals surface area (Å²) in [5.74, 6) is 2.23. The van der Waals surface area contributed by atoms with Gasteiger partial charge in [-0.15, -0.1) is 0 Å². The van der Waals surface area contributed by atoms with E-state index in [4.69, 9.17) is 9.47 Å². The Kier molecular flexibility index (Phi) is 5.55. The van der Waals surface area contributed by atoms with Gasteiger partial charge in [-0.05, 0) is 31.5 Å². The summed E-state index contributed by atoms with van der Waals surface area (Å²) >= 11 is 0. The maximum atomic E-state index is 11.1. The van der Waals surface area contributed by atoms with Gasteiger partial charge < -0.3 is 19.7 Å². The Balaban J connectivity index is 1.51. The molecular weight excluding hydrogens is 332 g/mol. The molecule has 0 radical (unpaired) electrons. The summed E-state index contributed by atoms with van der Waals surface area (Å²) < 4.78 is 11.4.